The van der Waals surface area contributed by atoms with Crippen LogP contribution in [0.2, 0.25) is 0 Å². The molecule has 0 saturated carbocycles. The number of hydrogen-bond donors (Lipinski definition) is 2. The zero-order valence-electron chi connectivity index (χ0n) is 10.2. The highest BCUT2D eigenvalue weighted by Gasteiger charge is 2.13. The molecule has 98 valence electrons. The molecule has 2 rings (SSSR count). The van der Waals surface area contributed by atoms with Crippen LogP contribution in [0.25, 0.3) is 10.8 Å². The average Bonchev–Trinajstić information content (AvgIpc) is 2.26. The number of benzene rings is 2. The average molecular weight is 296 g/mol. The van der Waals surface area contributed by atoms with Crippen LogP contribution in [0.1, 0.15) is 0 Å². The van der Waals surface area contributed by atoms with E-state index < -0.39 is 10.1 Å². The van der Waals surface area contributed by atoms with Crippen LogP contribution in [0.15, 0.2) is 34.1 Å². The van der Waals surface area contributed by atoms with Crippen LogP contribution >= 0.6 is 12.0 Å². The lowest BCUT2D eigenvalue weighted by Gasteiger charge is -2.10. The number of hydrogen-bond acceptors (Lipinski definition) is 5. The van der Waals surface area contributed by atoms with Crippen LogP contribution in [0.3, 0.4) is 0 Å². The highest BCUT2D eigenvalue weighted by molar-refractivity contribution is 7.94. The van der Waals surface area contributed by atoms with E-state index in [0.717, 1.165) is 28.4 Å². The van der Waals surface area contributed by atoms with Crippen molar-refractivity contribution in [3.63, 3.8) is 0 Å². The maximum Gasteiger partial charge on any atom is 0.294 e. The van der Waals surface area contributed by atoms with E-state index in [-0.39, 0.29) is 4.90 Å². The molecule has 2 aromatic rings. The zero-order chi connectivity index (χ0) is 14.2. The van der Waals surface area contributed by atoms with E-state index in [2.05, 4.69) is 4.33 Å². The molecule has 0 bridgehead atoms. The highest BCUT2D eigenvalue weighted by Crippen LogP contribution is 2.23. The zero-order valence-corrected chi connectivity index (χ0v) is 11.9. The van der Waals surface area contributed by atoms with Crippen LogP contribution in [0, 0.1) is 0 Å². The van der Waals surface area contributed by atoms with E-state index >= 15 is 0 Å². The summed E-state index contributed by atoms with van der Waals surface area (Å²) in [5.74, 6) is 0. The van der Waals surface area contributed by atoms with Crippen LogP contribution in [-0.2, 0) is 14.5 Å². The first-order valence-electron chi connectivity index (χ1n) is 5.33. The lowest BCUT2D eigenvalue weighted by Crippen LogP contribution is -2.17. The SMILES string of the molecule is Bc1cc(SOO)cc2cc(S(=O)(=O)O)cc(B)c12. The summed E-state index contributed by atoms with van der Waals surface area (Å²) in [5.41, 5.74) is 1.68. The molecule has 0 fully saturated rings. The van der Waals surface area contributed by atoms with E-state index in [1.807, 2.05) is 13.9 Å². The van der Waals surface area contributed by atoms with Gasteiger partial charge in [0.15, 0.2) is 0 Å². The van der Waals surface area contributed by atoms with Gasteiger partial charge < -0.3 is 0 Å². The molecular formula is C10H10B2O5S2. The Morgan fingerprint density at radius 1 is 1.11 bits per heavy atom. The van der Waals surface area contributed by atoms with Crippen molar-refractivity contribution < 1.29 is 22.6 Å². The molecule has 0 heterocycles. The molecule has 0 aromatic heterocycles. The monoisotopic (exact) mass is 296 g/mol. The Bertz CT molecular complexity index is 745. The predicted molar refractivity (Wildman–Crippen MR) is 79.7 cm³/mol. The fourth-order valence-corrected chi connectivity index (χ4v) is 3.24. The Hall–Kier alpha value is -0.990. The van der Waals surface area contributed by atoms with Gasteiger partial charge in [-0.05, 0) is 29.0 Å². The van der Waals surface area contributed by atoms with Crippen molar-refractivity contribution >= 4 is 59.6 Å². The molecule has 2 aromatic carbocycles. The minimum absolute atomic E-state index is 0.149. The van der Waals surface area contributed by atoms with Crippen molar-refractivity contribution in [3.8, 4) is 0 Å². The van der Waals surface area contributed by atoms with Gasteiger partial charge in [-0.3, -0.25) is 4.55 Å². The third kappa shape index (κ3) is 2.96. The van der Waals surface area contributed by atoms with E-state index in [9.17, 15) is 8.42 Å². The molecule has 19 heavy (non-hydrogen) atoms. The Kier molecular flexibility index (Phi) is 3.93. The number of fused-ring (bicyclic) bond motifs is 1. The summed E-state index contributed by atoms with van der Waals surface area (Å²) in [6.07, 6.45) is 0. The fraction of sp³-hybridized carbons (Fsp3) is 0. The lowest BCUT2D eigenvalue weighted by atomic mass is 9.82. The number of rotatable bonds is 3. The summed E-state index contributed by atoms with van der Waals surface area (Å²) < 4.78 is 35.5. The molecule has 0 atom stereocenters. The quantitative estimate of drug-likeness (QED) is 0.251. The van der Waals surface area contributed by atoms with Crippen molar-refractivity contribution in [1.82, 2.24) is 0 Å². The third-order valence-electron chi connectivity index (χ3n) is 2.82. The van der Waals surface area contributed by atoms with Gasteiger partial charge in [-0.15, -0.1) is 0 Å². The molecule has 0 saturated heterocycles. The maximum absolute atomic E-state index is 11.2. The van der Waals surface area contributed by atoms with Gasteiger partial charge in [-0.1, -0.05) is 17.0 Å². The standard InChI is InChI=1S/C10H10B2O5S2/c11-8-3-6(18-17-13)1-5-2-7(19(14,15)16)4-9(12)10(5)8/h1-4,13H,11-12H2,(H,14,15,16). The minimum atomic E-state index is -4.24. The molecule has 0 amide bonds. The molecule has 0 aliphatic rings. The van der Waals surface area contributed by atoms with E-state index in [1.165, 1.54) is 12.1 Å². The van der Waals surface area contributed by atoms with Gasteiger partial charge in [0.25, 0.3) is 10.1 Å². The second-order valence-electron chi connectivity index (χ2n) is 4.21. The largest absolute Gasteiger partial charge is 0.294 e. The minimum Gasteiger partial charge on any atom is -0.282 e. The van der Waals surface area contributed by atoms with E-state index in [4.69, 9.17) is 9.81 Å². The molecule has 0 unspecified atom stereocenters. The third-order valence-corrected chi connectivity index (χ3v) is 4.16. The Morgan fingerprint density at radius 2 is 1.74 bits per heavy atom. The van der Waals surface area contributed by atoms with Crippen molar-refractivity contribution in [2.45, 2.75) is 9.79 Å². The fourth-order valence-electron chi connectivity index (χ4n) is 2.15. The molecule has 9 heteroatoms. The molecule has 0 spiro atoms. The van der Waals surface area contributed by atoms with Gasteiger partial charge in [-0.2, -0.15) is 12.8 Å². The first kappa shape index (κ1) is 14.4. The van der Waals surface area contributed by atoms with Gasteiger partial charge in [0, 0.05) is 4.90 Å². The Labute approximate surface area is 116 Å². The van der Waals surface area contributed by atoms with Crippen LogP contribution in [-0.4, -0.2) is 33.9 Å². The molecule has 0 radical (unpaired) electrons. The van der Waals surface area contributed by atoms with Gasteiger partial charge >= 0.3 is 0 Å². The highest BCUT2D eigenvalue weighted by atomic mass is 32.2. The summed E-state index contributed by atoms with van der Waals surface area (Å²) >= 11 is 0.767. The summed E-state index contributed by atoms with van der Waals surface area (Å²) in [5, 5.41) is 10.0. The van der Waals surface area contributed by atoms with Gasteiger partial charge in [0.1, 0.15) is 15.7 Å². The Balaban J connectivity index is 2.78. The van der Waals surface area contributed by atoms with Crippen LogP contribution < -0.4 is 10.9 Å². The summed E-state index contributed by atoms with van der Waals surface area (Å²) in [6, 6.07) is 6.33. The van der Waals surface area contributed by atoms with Gasteiger partial charge in [0.2, 0.25) is 0 Å². The van der Waals surface area contributed by atoms with E-state index in [1.54, 1.807) is 13.9 Å². The summed E-state index contributed by atoms with van der Waals surface area (Å²) in [7, 11) is -0.586. The second kappa shape index (κ2) is 5.18. The smallest absolute Gasteiger partial charge is 0.282 e. The molecule has 0 aliphatic carbocycles. The summed E-state index contributed by atoms with van der Waals surface area (Å²) in [4.78, 5) is 0.489. The lowest BCUT2D eigenvalue weighted by molar-refractivity contribution is -0.116. The van der Waals surface area contributed by atoms with Crippen molar-refractivity contribution in [1.29, 1.82) is 0 Å². The molecule has 0 aliphatic heterocycles. The maximum atomic E-state index is 11.2. The normalized spacial score (nSPS) is 11.9. The first-order chi connectivity index (χ1) is 8.82. The van der Waals surface area contributed by atoms with Crippen LogP contribution in [0.4, 0.5) is 0 Å². The van der Waals surface area contributed by atoms with Gasteiger partial charge in [-0.25, -0.2) is 5.26 Å². The second-order valence-corrected chi connectivity index (χ2v) is 6.42. The predicted octanol–water partition coefficient (Wildman–Crippen LogP) is -0.900. The van der Waals surface area contributed by atoms with Gasteiger partial charge in [0.05, 0.1) is 16.9 Å². The van der Waals surface area contributed by atoms with Crippen molar-refractivity contribution in [2.75, 3.05) is 0 Å². The molecule has 2 N–H and O–H groups in total. The van der Waals surface area contributed by atoms with Crippen molar-refractivity contribution in [2.24, 2.45) is 0 Å². The molecule has 5 nitrogen and oxygen atoms in total. The van der Waals surface area contributed by atoms with Crippen molar-refractivity contribution in [3.05, 3.63) is 24.3 Å². The Morgan fingerprint density at radius 3 is 2.32 bits per heavy atom. The summed E-state index contributed by atoms with van der Waals surface area (Å²) in [6.45, 7) is 0. The van der Waals surface area contributed by atoms with E-state index in [0.29, 0.717) is 10.3 Å². The molecular weight excluding hydrogens is 286 g/mol. The van der Waals surface area contributed by atoms with Crippen LogP contribution in [0.5, 0.6) is 0 Å². The topological polar surface area (TPSA) is 83.8 Å². The first-order valence-corrected chi connectivity index (χ1v) is 7.51.